The predicted molar refractivity (Wildman–Crippen MR) is 136 cm³/mol. The van der Waals surface area contributed by atoms with Crippen LogP contribution in [-0.2, 0) is 34.1 Å². The second-order valence-corrected chi connectivity index (χ2v) is 10.3. The topological polar surface area (TPSA) is 90.3 Å². The summed E-state index contributed by atoms with van der Waals surface area (Å²) in [5, 5.41) is 1.38. The molecule has 4 aromatic rings. The van der Waals surface area contributed by atoms with Crippen molar-refractivity contribution >= 4 is 38.5 Å². The zero-order chi connectivity index (χ0) is 24.8. The van der Waals surface area contributed by atoms with Gasteiger partial charge in [0.1, 0.15) is 0 Å². The fourth-order valence-electron chi connectivity index (χ4n) is 4.02. The van der Waals surface area contributed by atoms with E-state index in [0.29, 0.717) is 17.0 Å². The number of benzene rings is 2. The van der Waals surface area contributed by atoms with E-state index in [1.165, 1.54) is 24.8 Å². The first-order chi connectivity index (χ1) is 16.9. The van der Waals surface area contributed by atoms with Gasteiger partial charge in [-0.15, -0.1) is 0 Å². The number of ether oxygens (including phenoxy) is 1. The predicted octanol–water partition coefficient (Wildman–Crippen LogP) is 4.63. The standard InChI is InChI=1S/C26H26ClN3O4S/c1-34-26(31)20-6-11-25-24(16-20)21(18-30(25)15-3-5-19-4-2-13-28-17-19)12-14-29-35(32,33)23-9-7-22(27)8-10-23/h2,4,6-11,13,16-18,29H,3,5,12,14-15H2,1H3. The van der Waals surface area contributed by atoms with Gasteiger partial charge in [-0.05, 0) is 78.9 Å². The summed E-state index contributed by atoms with van der Waals surface area (Å²) < 4.78 is 34.9. The Morgan fingerprint density at radius 1 is 1.11 bits per heavy atom. The maximum atomic E-state index is 12.6. The Hall–Kier alpha value is -3.20. The lowest BCUT2D eigenvalue weighted by molar-refractivity contribution is 0.0601. The Morgan fingerprint density at radius 3 is 2.63 bits per heavy atom. The highest BCUT2D eigenvalue weighted by molar-refractivity contribution is 7.89. The number of fused-ring (bicyclic) bond motifs is 1. The van der Waals surface area contributed by atoms with Crippen molar-refractivity contribution in [2.75, 3.05) is 13.7 Å². The van der Waals surface area contributed by atoms with E-state index in [9.17, 15) is 13.2 Å². The Morgan fingerprint density at radius 2 is 1.91 bits per heavy atom. The number of hydrogen-bond acceptors (Lipinski definition) is 5. The van der Waals surface area contributed by atoms with Gasteiger partial charge in [-0.3, -0.25) is 4.98 Å². The molecule has 9 heteroatoms. The fourth-order valence-corrected chi connectivity index (χ4v) is 5.17. The van der Waals surface area contributed by atoms with Gasteiger partial charge in [0.05, 0.1) is 17.6 Å². The summed E-state index contributed by atoms with van der Waals surface area (Å²) in [7, 11) is -2.31. The molecule has 0 fully saturated rings. The molecule has 0 bridgehead atoms. The maximum Gasteiger partial charge on any atom is 0.337 e. The summed E-state index contributed by atoms with van der Waals surface area (Å²) >= 11 is 5.87. The van der Waals surface area contributed by atoms with Crippen molar-refractivity contribution in [1.82, 2.24) is 14.3 Å². The number of rotatable bonds is 10. The number of nitrogens with zero attached hydrogens (tertiary/aromatic N) is 2. The van der Waals surface area contributed by atoms with Crippen molar-refractivity contribution in [3.63, 3.8) is 0 Å². The van der Waals surface area contributed by atoms with E-state index in [1.54, 1.807) is 24.4 Å². The van der Waals surface area contributed by atoms with Crippen LogP contribution in [0.4, 0.5) is 0 Å². The molecule has 7 nitrogen and oxygen atoms in total. The molecule has 0 unspecified atom stereocenters. The van der Waals surface area contributed by atoms with Crippen molar-refractivity contribution in [2.24, 2.45) is 0 Å². The van der Waals surface area contributed by atoms with Crippen LogP contribution in [0, 0.1) is 0 Å². The van der Waals surface area contributed by atoms with Crippen LogP contribution in [0.2, 0.25) is 5.02 Å². The molecular formula is C26H26ClN3O4S. The van der Waals surface area contributed by atoms with Gasteiger partial charge >= 0.3 is 5.97 Å². The molecule has 0 atom stereocenters. The monoisotopic (exact) mass is 511 g/mol. The minimum absolute atomic E-state index is 0.160. The minimum atomic E-state index is -3.66. The first-order valence-electron chi connectivity index (χ1n) is 11.2. The van der Waals surface area contributed by atoms with Gasteiger partial charge in [0.2, 0.25) is 10.0 Å². The minimum Gasteiger partial charge on any atom is -0.465 e. The molecule has 1 N–H and O–H groups in total. The van der Waals surface area contributed by atoms with Crippen molar-refractivity contribution in [2.45, 2.75) is 30.7 Å². The second kappa shape index (κ2) is 11.0. The summed E-state index contributed by atoms with van der Waals surface area (Å²) in [6.07, 6.45) is 7.93. The fraction of sp³-hybridized carbons (Fsp3) is 0.231. The number of esters is 1. The Labute approximate surface area is 209 Å². The molecule has 0 saturated heterocycles. The van der Waals surface area contributed by atoms with Gasteiger partial charge in [-0.2, -0.15) is 0 Å². The lowest BCUT2D eigenvalue weighted by Crippen LogP contribution is -2.25. The van der Waals surface area contributed by atoms with E-state index < -0.39 is 16.0 Å². The van der Waals surface area contributed by atoms with Crippen LogP contribution < -0.4 is 4.72 Å². The van der Waals surface area contributed by atoms with Crippen molar-refractivity contribution < 1.29 is 17.9 Å². The normalized spacial score (nSPS) is 11.6. The SMILES string of the molecule is COC(=O)c1ccc2c(c1)c(CCNS(=O)(=O)c1ccc(Cl)cc1)cn2CCCc1cccnc1. The van der Waals surface area contributed by atoms with E-state index in [1.807, 2.05) is 30.6 Å². The highest BCUT2D eigenvalue weighted by Gasteiger charge is 2.16. The van der Waals surface area contributed by atoms with Crippen LogP contribution in [0.15, 0.2) is 78.1 Å². The number of methoxy groups -OCH3 is 1. The summed E-state index contributed by atoms with van der Waals surface area (Å²) in [5.41, 5.74) is 3.57. The number of carbonyl (C=O) groups excluding carboxylic acids is 1. The number of aryl methyl sites for hydroxylation is 2. The van der Waals surface area contributed by atoms with Crippen LogP contribution in [0.1, 0.15) is 27.9 Å². The molecule has 2 aromatic carbocycles. The lowest BCUT2D eigenvalue weighted by Gasteiger charge is -2.07. The molecule has 0 aliphatic rings. The molecule has 0 aliphatic carbocycles. The highest BCUT2D eigenvalue weighted by atomic mass is 35.5. The number of carbonyl (C=O) groups is 1. The van der Waals surface area contributed by atoms with Crippen molar-refractivity contribution in [3.8, 4) is 0 Å². The number of hydrogen-bond donors (Lipinski definition) is 1. The zero-order valence-electron chi connectivity index (χ0n) is 19.3. The molecule has 0 aliphatic heterocycles. The quantitative estimate of drug-likeness (QED) is 0.313. The summed E-state index contributed by atoms with van der Waals surface area (Å²) in [5.74, 6) is -0.411. The number of nitrogens with one attached hydrogen (secondary N) is 1. The molecule has 0 spiro atoms. The molecule has 2 aromatic heterocycles. The summed E-state index contributed by atoms with van der Waals surface area (Å²) in [6.45, 7) is 0.988. The smallest absolute Gasteiger partial charge is 0.337 e. The van der Waals surface area contributed by atoms with Crippen molar-refractivity contribution in [3.05, 3.63) is 94.9 Å². The van der Waals surface area contributed by atoms with Gasteiger partial charge in [0, 0.05) is 47.6 Å². The maximum absolute atomic E-state index is 12.6. The molecule has 0 radical (unpaired) electrons. The van der Waals surface area contributed by atoms with E-state index in [4.69, 9.17) is 16.3 Å². The average Bonchev–Trinajstić information content (AvgIpc) is 3.21. The first kappa shape index (κ1) is 24.9. The van der Waals surface area contributed by atoms with Gasteiger partial charge < -0.3 is 9.30 Å². The third kappa shape index (κ3) is 6.08. The highest BCUT2D eigenvalue weighted by Crippen LogP contribution is 2.25. The number of sulfonamides is 1. The van der Waals surface area contributed by atoms with Gasteiger partial charge in [0.15, 0.2) is 0 Å². The second-order valence-electron chi connectivity index (χ2n) is 8.14. The third-order valence-corrected chi connectivity index (χ3v) is 7.51. The molecule has 4 rings (SSSR count). The van der Waals surface area contributed by atoms with Crippen LogP contribution in [-0.4, -0.2) is 37.6 Å². The molecule has 0 saturated carbocycles. The largest absolute Gasteiger partial charge is 0.465 e. The average molecular weight is 512 g/mol. The summed E-state index contributed by atoms with van der Waals surface area (Å²) in [6, 6.07) is 15.5. The van der Waals surface area contributed by atoms with E-state index >= 15 is 0 Å². The van der Waals surface area contributed by atoms with Gasteiger partial charge in [0.25, 0.3) is 0 Å². The Bertz CT molecular complexity index is 1420. The zero-order valence-corrected chi connectivity index (χ0v) is 20.8. The number of pyridine rings is 1. The van der Waals surface area contributed by atoms with E-state index in [-0.39, 0.29) is 11.4 Å². The molecule has 182 valence electrons. The van der Waals surface area contributed by atoms with E-state index in [2.05, 4.69) is 20.3 Å². The van der Waals surface area contributed by atoms with Crippen LogP contribution in [0.5, 0.6) is 0 Å². The number of aromatic nitrogens is 2. The van der Waals surface area contributed by atoms with Crippen molar-refractivity contribution in [1.29, 1.82) is 0 Å². The summed E-state index contributed by atoms with van der Waals surface area (Å²) in [4.78, 5) is 16.4. The Kier molecular flexibility index (Phi) is 7.85. The lowest BCUT2D eigenvalue weighted by atomic mass is 10.1. The molecule has 0 amide bonds. The van der Waals surface area contributed by atoms with Gasteiger partial charge in [-0.1, -0.05) is 17.7 Å². The molecule has 35 heavy (non-hydrogen) atoms. The number of halogens is 1. The van der Waals surface area contributed by atoms with Crippen LogP contribution >= 0.6 is 11.6 Å². The Balaban J connectivity index is 1.52. The van der Waals surface area contributed by atoms with Crippen LogP contribution in [0.3, 0.4) is 0 Å². The van der Waals surface area contributed by atoms with E-state index in [0.717, 1.165) is 35.9 Å². The molecular weight excluding hydrogens is 486 g/mol. The first-order valence-corrected chi connectivity index (χ1v) is 13.1. The van der Waals surface area contributed by atoms with Crippen LogP contribution in [0.25, 0.3) is 10.9 Å². The molecule has 2 heterocycles. The van der Waals surface area contributed by atoms with Gasteiger partial charge in [-0.25, -0.2) is 17.9 Å². The third-order valence-electron chi connectivity index (χ3n) is 5.78.